The Bertz CT molecular complexity index is 1430. The number of benzene rings is 1. The summed E-state index contributed by atoms with van der Waals surface area (Å²) in [5, 5.41) is 6.79. The number of rotatable bonds is 8. The van der Waals surface area contributed by atoms with E-state index in [1.165, 1.54) is 0 Å². The topological polar surface area (TPSA) is 88.9 Å². The van der Waals surface area contributed by atoms with Crippen molar-refractivity contribution in [1.82, 2.24) is 14.5 Å². The number of anilines is 2. The SMILES string of the molecule is CCCCn1c(=O)c(NC(=O)Nc2c(C(C)C)cccc2C(C)C)c(-c2cccnc2)c2cccnc21. The predicted octanol–water partition coefficient (Wildman–Crippen LogP) is 7.15. The van der Waals surface area contributed by atoms with Crippen LogP contribution in [-0.2, 0) is 6.54 Å². The van der Waals surface area contributed by atoms with E-state index in [1.54, 1.807) is 23.2 Å². The number of fused-ring (bicyclic) bond motifs is 1. The number of hydrogen-bond donors (Lipinski definition) is 2. The fourth-order valence-corrected chi connectivity index (χ4v) is 4.68. The van der Waals surface area contributed by atoms with E-state index in [0.717, 1.165) is 40.6 Å². The lowest BCUT2D eigenvalue weighted by Crippen LogP contribution is -2.30. The number of aryl methyl sites for hydroxylation is 1. The molecule has 0 saturated carbocycles. The minimum absolute atomic E-state index is 0.218. The molecule has 3 aromatic heterocycles. The maximum absolute atomic E-state index is 13.9. The van der Waals surface area contributed by atoms with Gasteiger partial charge in [-0.05, 0) is 47.6 Å². The first-order valence-electron chi connectivity index (χ1n) is 13.0. The number of carbonyl (C=O) groups is 1. The lowest BCUT2D eigenvalue weighted by Gasteiger charge is -2.21. The summed E-state index contributed by atoms with van der Waals surface area (Å²) in [6, 6.07) is 13.1. The number of aromatic nitrogens is 3. The Morgan fingerprint density at radius 2 is 1.59 bits per heavy atom. The van der Waals surface area contributed by atoms with Crippen LogP contribution in [0.5, 0.6) is 0 Å². The molecule has 7 heteroatoms. The van der Waals surface area contributed by atoms with Crippen LogP contribution in [0.4, 0.5) is 16.2 Å². The van der Waals surface area contributed by atoms with Gasteiger partial charge in [0.2, 0.25) is 0 Å². The van der Waals surface area contributed by atoms with E-state index in [0.29, 0.717) is 17.8 Å². The second-order valence-corrected chi connectivity index (χ2v) is 9.88. The summed E-state index contributed by atoms with van der Waals surface area (Å²) in [5.41, 5.74) is 4.78. The molecule has 192 valence electrons. The number of para-hydroxylation sites is 1. The number of carbonyl (C=O) groups excluding carboxylic acids is 1. The van der Waals surface area contributed by atoms with Gasteiger partial charge in [0.1, 0.15) is 11.3 Å². The molecule has 0 aliphatic rings. The summed E-state index contributed by atoms with van der Waals surface area (Å²) >= 11 is 0. The smallest absolute Gasteiger partial charge is 0.307 e. The van der Waals surface area contributed by atoms with E-state index >= 15 is 0 Å². The minimum atomic E-state index is -0.456. The van der Waals surface area contributed by atoms with Crippen molar-refractivity contribution in [2.75, 3.05) is 10.6 Å². The van der Waals surface area contributed by atoms with Crippen molar-refractivity contribution in [2.24, 2.45) is 0 Å². The molecule has 0 unspecified atom stereocenters. The lowest BCUT2D eigenvalue weighted by atomic mass is 9.93. The Hall–Kier alpha value is -4.00. The van der Waals surface area contributed by atoms with Gasteiger partial charge in [-0.25, -0.2) is 9.78 Å². The Balaban J connectivity index is 1.87. The molecule has 37 heavy (non-hydrogen) atoms. The summed E-state index contributed by atoms with van der Waals surface area (Å²) in [6.45, 7) is 11.0. The van der Waals surface area contributed by atoms with Gasteiger partial charge < -0.3 is 10.6 Å². The van der Waals surface area contributed by atoms with Crippen molar-refractivity contribution in [1.29, 1.82) is 0 Å². The number of hydrogen-bond acceptors (Lipinski definition) is 4. The van der Waals surface area contributed by atoms with Gasteiger partial charge in [0.05, 0.1) is 0 Å². The third-order valence-electron chi connectivity index (χ3n) is 6.56. The van der Waals surface area contributed by atoms with Gasteiger partial charge in [-0.2, -0.15) is 0 Å². The highest BCUT2D eigenvalue weighted by atomic mass is 16.2. The summed E-state index contributed by atoms with van der Waals surface area (Å²) in [5.74, 6) is 0.441. The van der Waals surface area contributed by atoms with Gasteiger partial charge in [-0.3, -0.25) is 14.3 Å². The second-order valence-electron chi connectivity index (χ2n) is 9.88. The lowest BCUT2D eigenvalue weighted by molar-refractivity contribution is 0.262. The number of nitrogens with zero attached hydrogens (tertiary/aromatic N) is 3. The number of unbranched alkanes of at least 4 members (excludes halogenated alkanes) is 1. The fourth-order valence-electron chi connectivity index (χ4n) is 4.68. The Morgan fingerprint density at radius 1 is 0.919 bits per heavy atom. The van der Waals surface area contributed by atoms with Gasteiger partial charge in [-0.15, -0.1) is 0 Å². The van der Waals surface area contributed by atoms with Crippen LogP contribution in [0.25, 0.3) is 22.2 Å². The van der Waals surface area contributed by atoms with E-state index in [-0.39, 0.29) is 23.1 Å². The zero-order valence-electron chi connectivity index (χ0n) is 22.2. The van der Waals surface area contributed by atoms with Crippen LogP contribution in [0, 0.1) is 0 Å². The van der Waals surface area contributed by atoms with Crippen molar-refractivity contribution in [3.63, 3.8) is 0 Å². The van der Waals surface area contributed by atoms with Crippen LogP contribution in [-0.4, -0.2) is 20.6 Å². The largest absolute Gasteiger partial charge is 0.323 e. The number of amides is 2. The Kier molecular flexibility index (Phi) is 8.01. The maximum atomic E-state index is 13.9. The molecule has 4 aromatic rings. The van der Waals surface area contributed by atoms with Crippen LogP contribution in [0.3, 0.4) is 0 Å². The van der Waals surface area contributed by atoms with Crippen LogP contribution in [0.1, 0.15) is 70.4 Å². The van der Waals surface area contributed by atoms with Crippen LogP contribution < -0.4 is 16.2 Å². The molecule has 4 rings (SSSR count). The molecule has 0 aliphatic carbocycles. The highest BCUT2D eigenvalue weighted by Crippen LogP contribution is 2.34. The molecule has 0 saturated heterocycles. The van der Waals surface area contributed by atoms with Gasteiger partial charge in [-0.1, -0.05) is 65.3 Å². The maximum Gasteiger partial charge on any atom is 0.323 e. The normalized spacial score (nSPS) is 11.3. The first-order valence-corrected chi connectivity index (χ1v) is 13.0. The summed E-state index contributed by atoms with van der Waals surface area (Å²) in [6.07, 6.45) is 6.82. The van der Waals surface area contributed by atoms with Crippen LogP contribution in [0.2, 0.25) is 0 Å². The molecular weight excluding hydrogens is 462 g/mol. The van der Waals surface area contributed by atoms with Gasteiger partial charge in [0.25, 0.3) is 5.56 Å². The number of urea groups is 1. The first-order chi connectivity index (χ1) is 17.8. The molecule has 0 fully saturated rings. The summed E-state index contributed by atoms with van der Waals surface area (Å²) in [7, 11) is 0. The van der Waals surface area contributed by atoms with E-state index < -0.39 is 6.03 Å². The highest BCUT2D eigenvalue weighted by Gasteiger charge is 2.22. The summed E-state index contributed by atoms with van der Waals surface area (Å²) in [4.78, 5) is 36.2. The molecule has 3 heterocycles. The average Bonchev–Trinajstić information content (AvgIpc) is 2.89. The number of pyridine rings is 3. The van der Waals surface area contributed by atoms with Crippen molar-refractivity contribution in [3.05, 3.63) is 82.5 Å². The molecule has 2 N–H and O–H groups in total. The Morgan fingerprint density at radius 3 is 2.22 bits per heavy atom. The fraction of sp³-hybridized carbons (Fsp3) is 0.333. The van der Waals surface area contributed by atoms with E-state index in [2.05, 4.69) is 55.2 Å². The van der Waals surface area contributed by atoms with Crippen molar-refractivity contribution in [2.45, 2.75) is 65.8 Å². The average molecular weight is 498 g/mol. The zero-order chi connectivity index (χ0) is 26.5. The molecule has 1 aromatic carbocycles. The zero-order valence-corrected chi connectivity index (χ0v) is 22.2. The van der Waals surface area contributed by atoms with Crippen molar-refractivity contribution < 1.29 is 4.79 Å². The molecule has 0 radical (unpaired) electrons. The highest BCUT2D eigenvalue weighted by molar-refractivity contribution is 6.07. The van der Waals surface area contributed by atoms with Crippen molar-refractivity contribution in [3.8, 4) is 11.1 Å². The number of nitrogens with one attached hydrogen (secondary N) is 2. The monoisotopic (exact) mass is 497 g/mol. The third kappa shape index (κ3) is 5.40. The van der Waals surface area contributed by atoms with Crippen molar-refractivity contribution >= 4 is 28.4 Å². The van der Waals surface area contributed by atoms with Gasteiger partial charge in [0.15, 0.2) is 0 Å². The third-order valence-corrected chi connectivity index (χ3v) is 6.56. The summed E-state index contributed by atoms with van der Waals surface area (Å²) < 4.78 is 1.66. The van der Waals surface area contributed by atoms with Crippen LogP contribution in [0.15, 0.2) is 65.8 Å². The van der Waals surface area contributed by atoms with E-state index in [1.807, 2.05) is 42.5 Å². The molecule has 0 aliphatic heterocycles. The van der Waals surface area contributed by atoms with Gasteiger partial charge >= 0.3 is 6.03 Å². The quantitative estimate of drug-likeness (QED) is 0.270. The minimum Gasteiger partial charge on any atom is -0.307 e. The second kappa shape index (κ2) is 11.4. The standard InChI is InChI=1S/C30H35N5O2/c1-6-7-17-35-28-24(14-10-16-32-28)25(21-11-9-15-31-18-21)27(29(35)36)34-30(37)33-26-22(19(2)3)12-8-13-23(26)20(4)5/h8-16,18-20H,6-7,17H2,1-5H3,(H2,33,34,37). The molecule has 0 bridgehead atoms. The van der Waals surface area contributed by atoms with E-state index in [4.69, 9.17) is 0 Å². The first kappa shape index (κ1) is 26.1. The molecule has 0 atom stereocenters. The molecular formula is C30H35N5O2. The molecule has 2 amide bonds. The molecule has 0 spiro atoms. The van der Waals surface area contributed by atoms with Crippen LogP contribution >= 0.6 is 0 Å². The molecule has 7 nitrogen and oxygen atoms in total. The van der Waals surface area contributed by atoms with E-state index in [9.17, 15) is 9.59 Å². The van der Waals surface area contributed by atoms with Gasteiger partial charge in [0, 0.05) is 47.3 Å². The predicted molar refractivity (Wildman–Crippen MR) is 151 cm³/mol. The Labute approximate surface area is 218 Å².